The second-order valence-corrected chi connectivity index (χ2v) is 10.4. The minimum Gasteiger partial charge on any atom is -0.429 e. The molecule has 0 aromatic heterocycles. The number of hydrogen-bond donors (Lipinski definition) is 0. The Morgan fingerprint density at radius 2 is 1.49 bits per heavy atom. The number of rotatable bonds is 11. The number of unbranched alkanes of at least 4 members (excludes halogenated alkanes) is 3. The minimum atomic E-state index is -3.36. The minimum absolute atomic E-state index is 0.00639. The highest BCUT2D eigenvalue weighted by atomic mass is 19.3. The van der Waals surface area contributed by atoms with Crippen LogP contribution in [-0.2, 0) is 6.42 Å². The van der Waals surface area contributed by atoms with Gasteiger partial charge in [-0.25, -0.2) is 13.2 Å². The molecule has 3 aromatic carbocycles. The Balaban J connectivity index is 1.39. The fourth-order valence-electron chi connectivity index (χ4n) is 5.68. The monoisotopic (exact) mass is 518 g/mol. The molecule has 0 N–H and O–H groups in total. The van der Waals surface area contributed by atoms with Gasteiger partial charge in [0, 0.05) is 10.9 Å². The molecule has 4 rings (SSSR count). The molecule has 0 radical (unpaired) electrons. The van der Waals surface area contributed by atoms with Crippen molar-refractivity contribution in [1.29, 1.82) is 0 Å². The number of hydrogen-bond acceptors (Lipinski definition) is 1. The predicted octanol–water partition coefficient (Wildman–Crippen LogP) is 10.2. The maximum absolute atomic E-state index is 15.3. The lowest BCUT2D eigenvalue weighted by Gasteiger charge is -2.28. The van der Waals surface area contributed by atoms with Crippen LogP contribution in [0, 0.1) is 29.3 Å². The molecule has 0 heterocycles. The molecule has 37 heavy (non-hydrogen) atoms. The molecule has 1 fully saturated rings. The van der Waals surface area contributed by atoms with Crippen LogP contribution >= 0.6 is 0 Å². The second kappa shape index (κ2) is 12.7. The molecule has 0 spiro atoms. The van der Waals surface area contributed by atoms with E-state index < -0.39 is 29.8 Å². The SMILES string of the molecule is CCCCCCC1CCC(CCc2ccc3c(F)c(-c4cc(F)c(OC(F)F)c(F)c4)ccc3c2)CC1. The molecule has 1 saturated carbocycles. The fourth-order valence-corrected chi connectivity index (χ4v) is 5.68. The molecule has 3 aromatic rings. The average Bonchev–Trinajstić information content (AvgIpc) is 2.88. The smallest absolute Gasteiger partial charge is 0.387 e. The number of halogens is 5. The van der Waals surface area contributed by atoms with E-state index in [0.29, 0.717) is 10.8 Å². The van der Waals surface area contributed by atoms with Gasteiger partial charge in [0.25, 0.3) is 0 Å². The molecular weight excluding hydrogens is 483 g/mol. The Kier molecular flexibility index (Phi) is 9.44. The highest BCUT2D eigenvalue weighted by Gasteiger charge is 2.22. The summed E-state index contributed by atoms with van der Waals surface area (Å²) in [6, 6.07) is 10.4. The van der Waals surface area contributed by atoms with Crippen LogP contribution in [0.5, 0.6) is 5.75 Å². The molecule has 1 aliphatic rings. The topological polar surface area (TPSA) is 9.23 Å². The third-order valence-corrected chi connectivity index (χ3v) is 7.81. The van der Waals surface area contributed by atoms with Gasteiger partial charge in [-0.05, 0) is 53.3 Å². The Bertz CT molecular complexity index is 1160. The average molecular weight is 519 g/mol. The van der Waals surface area contributed by atoms with Gasteiger partial charge in [-0.15, -0.1) is 0 Å². The third kappa shape index (κ3) is 7.03. The highest BCUT2D eigenvalue weighted by molar-refractivity contribution is 5.88. The van der Waals surface area contributed by atoms with Crippen molar-refractivity contribution in [3.05, 3.63) is 65.5 Å². The van der Waals surface area contributed by atoms with Crippen molar-refractivity contribution >= 4 is 10.8 Å². The zero-order chi connectivity index (χ0) is 26.4. The molecule has 6 heteroatoms. The number of ether oxygens (including phenoxy) is 1. The first-order valence-electron chi connectivity index (χ1n) is 13.5. The molecule has 0 unspecified atom stereocenters. The maximum atomic E-state index is 15.3. The zero-order valence-corrected chi connectivity index (χ0v) is 21.3. The molecule has 1 nitrogen and oxygen atoms in total. The van der Waals surface area contributed by atoms with E-state index in [1.165, 1.54) is 63.9 Å². The molecule has 0 bridgehead atoms. The van der Waals surface area contributed by atoms with E-state index in [2.05, 4.69) is 11.7 Å². The van der Waals surface area contributed by atoms with Gasteiger partial charge >= 0.3 is 6.61 Å². The van der Waals surface area contributed by atoms with Gasteiger partial charge in [0.05, 0.1) is 0 Å². The summed E-state index contributed by atoms with van der Waals surface area (Å²) < 4.78 is 72.4. The van der Waals surface area contributed by atoms with Gasteiger partial charge in [-0.2, -0.15) is 8.78 Å². The van der Waals surface area contributed by atoms with Crippen molar-refractivity contribution in [1.82, 2.24) is 0 Å². The van der Waals surface area contributed by atoms with Crippen LogP contribution in [0.2, 0.25) is 0 Å². The van der Waals surface area contributed by atoms with Gasteiger partial charge in [-0.1, -0.05) is 95.0 Å². The highest BCUT2D eigenvalue weighted by Crippen LogP contribution is 2.36. The molecular formula is C31H35F5O. The Hall–Kier alpha value is -2.63. The van der Waals surface area contributed by atoms with Gasteiger partial charge in [-0.3, -0.25) is 0 Å². The predicted molar refractivity (Wildman–Crippen MR) is 138 cm³/mol. The largest absolute Gasteiger partial charge is 0.429 e. The fraction of sp³-hybridized carbons (Fsp3) is 0.484. The van der Waals surface area contributed by atoms with Crippen molar-refractivity contribution < 1.29 is 26.7 Å². The van der Waals surface area contributed by atoms with Crippen molar-refractivity contribution in [2.45, 2.75) is 84.2 Å². The van der Waals surface area contributed by atoms with Gasteiger partial charge in [0.1, 0.15) is 5.82 Å². The van der Waals surface area contributed by atoms with E-state index in [1.807, 2.05) is 12.1 Å². The van der Waals surface area contributed by atoms with E-state index in [9.17, 15) is 17.6 Å². The summed E-state index contributed by atoms with van der Waals surface area (Å²) in [7, 11) is 0. The lowest BCUT2D eigenvalue weighted by atomic mass is 9.77. The van der Waals surface area contributed by atoms with Crippen molar-refractivity contribution in [3.8, 4) is 16.9 Å². The summed E-state index contributed by atoms with van der Waals surface area (Å²) >= 11 is 0. The summed E-state index contributed by atoms with van der Waals surface area (Å²) in [5.41, 5.74) is 1.06. The Morgan fingerprint density at radius 3 is 2.14 bits per heavy atom. The second-order valence-electron chi connectivity index (χ2n) is 10.4. The number of benzene rings is 3. The van der Waals surface area contributed by atoms with Gasteiger partial charge in [0.15, 0.2) is 17.4 Å². The summed E-state index contributed by atoms with van der Waals surface area (Å²) in [6.07, 6.45) is 14.0. The third-order valence-electron chi connectivity index (χ3n) is 7.81. The van der Waals surface area contributed by atoms with Crippen molar-refractivity contribution in [2.75, 3.05) is 0 Å². The van der Waals surface area contributed by atoms with E-state index in [1.54, 1.807) is 12.1 Å². The van der Waals surface area contributed by atoms with Crippen LogP contribution in [0.25, 0.3) is 21.9 Å². The van der Waals surface area contributed by atoms with Crippen LogP contribution in [0.4, 0.5) is 22.0 Å². The lowest BCUT2D eigenvalue weighted by molar-refractivity contribution is -0.0546. The molecule has 0 saturated heterocycles. The van der Waals surface area contributed by atoms with Gasteiger partial charge in [0.2, 0.25) is 0 Å². The summed E-state index contributed by atoms with van der Waals surface area (Å²) in [6.45, 7) is -1.12. The first-order valence-corrected chi connectivity index (χ1v) is 13.5. The molecule has 0 aliphatic heterocycles. The standard InChI is InChI=1S/C31H35F5O/c1-2-3-4-5-6-20-7-9-21(10-8-20)11-12-22-13-15-25-23(17-22)14-16-26(29(25)34)24-18-27(32)30(28(33)19-24)37-31(35)36/h13-21,31H,2-12H2,1H3. The Labute approximate surface area is 216 Å². The first-order chi connectivity index (χ1) is 17.9. The van der Waals surface area contributed by atoms with Crippen LogP contribution in [0.1, 0.15) is 76.7 Å². The summed E-state index contributed by atoms with van der Waals surface area (Å²) in [5.74, 6) is -2.77. The quantitative estimate of drug-likeness (QED) is 0.181. The van der Waals surface area contributed by atoms with Crippen LogP contribution in [0.15, 0.2) is 42.5 Å². The molecule has 0 amide bonds. The number of fused-ring (bicyclic) bond motifs is 1. The number of alkyl halides is 2. The van der Waals surface area contributed by atoms with E-state index >= 15 is 4.39 Å². The lowest BCUT2D eigenvalue weighted by Crippen LogP contribution is -2.15. The molecule has 1 aliphatic carbocycles. The van der Waals surface area contributed by atoms with Gasteiger partial charge < -0.3 is 4.74 Å². The summed E-state index contributed by atoms with van der Waals surface area (Å²) in [4.78, 5) is 0. The van der Waals surface area contributed by atoms with E-state index in [0.717, 1.165) is 42.4 Å². The molecule has 200 valence electrons. The Morgan fingerprint density at radius 1 is 0.811 bits per heavy atom. The first kappa shape index (κ1) is 27.4. The van der Waals surface area contributed by atoms with Crippen molar-refractivity contribution in [2.24, 2.45) is 11.8 Å². The van der Waals surface area contributed by atoms with Crippen LogP contribution in [0.3, 0.4) is 0 Å². The molecule has 0 atom stereocenters. The number of aryl methyl sites for hydroxylation is 1. The van der Waals surface area contributed by atoms with Crippen LogP contribution in [-0.4, -0.2) is 6.61 Å². The maximum Gasteiger partial charge on any atom is 0.387 e. The van der Waals surface area contributed by atoms with Crippen molar-refractivity contribution in [3.63, 3.8) is 0 Å². The van der Waals surface area contributed by atoms with E-state index in [4.69, 9.17) is 0 Å². The van der Waals surface area contributed by atoms with E-state index in [-0.39, 0.29) is 11.1 Å². The zero-order valence-electron chi connectivity index (χ0n) is 21.3. The van der Waals surface area contributed by atoms with Crippen LogP contribution < -0.4 is 4.74 Å². The normalized spacial score (nSPS) is 18.0. The summed E-state index contributed by atoms with van der Waals surface area (Å²) in [5, 5.41) is 1.06.